The summed E-state index contributed by atoms with van der Waals surface area (Å²) in [6, 6.07) is 0. The van der Waals surface area contributed by atoms with Crippen LogP contribution in [-0.2, 0) is 9.53 Å². The first-order chi connectivity index (χ1) is 8.95. The van der Waals surface area contributed by atoms with E-state index in [1.165, 1.54) is 0 Å². The molecule has 0 fully saturated rings. The fraction of sp³-hybridized carbons (Fsp3) is 0.571. The highest BCUT2D eigenvalue weighted by Crippen LogP contribution is 2.40. The lowest BCUT2D eigenvalue weighted by Gasteiger charge is -2.26. The van der Waals surface area contributed by atoms with Gasteiger partial charge in [0.05, 0.1) is 2.74 Å². The Bertz CT molecular complexity index is 432. The number of alkyl halides is 6. The third kappa shape index (κ3) is 2.87. The Hall–Kier alpha value is -1.21. The van der Waals surface area contributed by atoms with E-state index >= 15 is 0 Å². The van der Waals surface area contributed by atoms with Crippen molar-refractivity contribution in [3.63, 3.8) is 0 Å². The Balaban J connectivity index is 5.82. The van der Waals surface area contributed by atoms with E-state index in [4.69, 9.17) is 8.22 Å². The van der Waals surface area contributed by atoms with Crippen LogP contribution in [0.25, 0.3) is 0 Å². The summed E-state index contributed by atoms with van der Waals surface area (Å²) < 4.78 is 117. The summed E-state index contributed by atoms with van der Waals surface area (Å²) in [5.41, 5.74) is -2.04. The molecule has 0 aromatic rings. The third-order valence-electron chi connectivity index (χ3n) is 1.05. The average molecular weight is 242 g/mol. The summed E-state index contributed by atoms with van der Waals surface area (Å²) >= 11 is 0. The molecular formula is C7H6F6O2. The Morgan fingerprint density at radius 2 is 2.07 bits per heavy atom. The maximum absolute atomic E-state index is 13.2. The molecule has 0 amide bonds. The molecule has 0 aromatic carbocycles. The fourth-order valence-corrected chi connectivity index (χ4v) is 0.382. The molecule has 8 heteroatoms. The van der Waals surface area contributed by atoms with Gasteiger partial charge in [0.2, 0.25) is 0 Å². The molecule has 0 rings (SSSR count). The highest BCUT2D eigenvalue weighted by Gasteiger charge is 2.66. The monoisotopic (exact) mass is 242 g/mol. The van der Waals surface area contributed by atoms with Gasteiger partial charge in [-0.25, -0.2) is 13.6 Å². The Kier molecular flexibility index (Phi) is 1.75. The minimum absolute atomic E-state index is 1.88. The van der Waals surface area contributed by atoms with E-state index in [0.717, 1.165) is 0 Å². The number of ether oxygens (including phenoxy) is 1. The van der Waals surface area contributed by atoms with E-state index in [-0.39, 0.29) is 0 Å². The van der Waals surface area contributed by atoms with Crippen LogP contribution in [0.15, 0.2) is 12.1 Å². The molecule has 0 radical (unpaired) electrons. The number of rotatable bonds is 3. The minimum atomic E-state index is -6.56. The zero-order chi connectivity index (χ0) is 17.4. The third-order valence-corrected chi connectivity index (χ3v) is 1.05. The van der Waals surface area contributed by atoms with Crippen molar-refractivity contribution < 1.29 is 44.1 Å². The molecule has 0 spiro atoms. The van der Waals surface area contributed by atoms with Crippen LogP contribution < -0.4 is 0 Å². The Morgan fingerprint density at radius 1 is 1.53 bits per heavy atom. The van der Waals surface area contributed by atoms with Gasteiger partial charge in [-0.05, 0) is 6.85 Å². The topological polar surface area (TPSA) is 26.3 Å². The Morgan fingerprint density at radius 3 is 2.33 bits per heavy atom. The molecule has 0 aliphatic rings. The zero-order valence-electron chi connectivity index (χ0n) is 12.6. The minimum Gasteiger partial charge on any atom is -0.412 e. The molecule has 15 heavy (non-hydrogen) atoms. The van der Waals surface area contributed by atoms with Gasteiger partial charge in [0.15, 0.2) is 0 Å². The second-order valence-corrected chi connectivity index (χ2v) is 2.12. The largest absolute Gasteiger partial charge is 0.466 e. The van der Waals surface area contributed by atoms with E-state index in [1.807, 2.05) is 0 Å². The lowest BCUT2D eigenvalue weighted by Crippen LogP contribution is -2.51. The molecule has 88 valence electrons. The van der Waals surface area contributed by atoms with Gasteiger partial charge in [-0.2, -0.15) is 17.6 Å². The van der Waals surface area contributed by atoms with Crippen molar-refractivity contribution in [3.8, 4) is 0 Å². The van der Waals surface area contributed by atoms with Crippen molar-refractivity contribution in [2.24, 2.45) is 0 Å². The standard InChI is InChI=1S/C7H6F6O2/c1-3(2)4(14)15-6(10,5(8)9)7(11,12)13/h5H,1H2,2H3/i1D2,2D3,5D. The summed E-state index contributed by atoms with van der Waals surface area (Å²) in [7, 11) is 0. The van der Waals surface area contributed by atoms with Crippen LogP contribution in [0, 0.1) is 0 Å². The van der Waals surface area contributed by atoms with E-state index in [9.17, 15) is 31.1 Å². The molecule has 2 nitrogen and oxygen atoms in total. The molecule has 1 unspecified atom stereocenters. The highest BCUT2D eigenvalue weighted by molar-refractivity contribution is 5.87. The second kappa shape index (κ2) is 4.11. The van der Waals surface area contributed by atoms with Crippen molar-refractivity contribution in [3.05, 3.63) is 12.1 Å². The van der Waals surface area contributed by atoms with Crippen molar-refractivity contribution in [1.82, 2.24) is 0 Å². The molecule has 0 saturated carbocycles. The average Bonchev–Trinajstić information content (AvgIpc) is 2.09. The van der Waals surface area contributed by atoms with Gasteiger partial charge in [0.25, 0.3) is 0 Å². The number of carbonyl (C=O) groups is 1. The first-order valence-corrected chi connectivity index (χ1v) is 3.00. The fourth-order valence-electron chi connectivity index (χ4n) is 0.382. The van der Waals surface area contributed by atoms with Crippen LogP contribution in [0.4, 0.5) is 26.3 Å². The van der Waals surface area contributed by atoms with Crippen LogP contribution in [0.1, 0.15) is 15.1 Å². The van der Waals surface area contributed by atoms with Crippen molar-refractivity contribution in [2.75, 3.05) is 0 Å². The second-order valence-electron chi connectivity index (χ2n) is 2.12. The Labute approximate surface area is 88.9 Å². The van der Waals surface area contributed by atoms with Crippen LogP contribution in [0.5, 0.6) is 0 Å². The maximum Gasteiger partial charge on any atom is 0.466 e. The quantitative estimate of drug-likeness (QED) is 0.432. The normalized spacial score (nSPS) is 23.1. The zero-order valence-corrected chi connectivity index (χ0v) is 6.58. The van der Waals surface area contributed by atoms with Crippen molar-refractivity contribution in [2.45, 2.75) is 25.3 Å². The summed E-state index contributed by atoms with van der Waals surface area (Å²) in [4.78, 5) is 11.1. The van der Waals surface area contributed by atoms with Gasteiger partial charge in [0.1, 0.15) is 1.37 Å². The van der Waals surface area contributed by atoms with Crippen LogP contribution in [0.3, 0.4) is 0 Å². The lowest BCUT2D eigenvalue weighted by molar-refractivity contribution is -0.354. The molecular weight excluding hydrogens is 230 g/mol. The van der Waals surface area contributed by atoms with Gasteiger partial charge in [-0.1, -0.05) is 6.53 Å². The molecule has 0 aliphatic heterocycles. The molecule has 0 N–H and O–H groups in total. The van der Waals surface area contributed by atoms with Crippen LogP contribution in [0.2, 0.25) is 0 Å². The highest BCUT2D eigenvalue weighted by atomic mass is 19.4. The smallest absolute Gasteiger partial charge is 0.412 e. The number of carbonyl (C=O) groups excluding carboxylic acids is 1. The summed E-state index contributed by atoms with van der Waals surface area (Å²) in [6.07, 6.45) is -12.6. The molecule has 1 atom stereocenters. The van der Waals surface area contributed by atoms with Crippen molar-refractivity contribution in [1.29, 1.82) is 0 Å². The van der Waals surface area contributed by atoms with E-state index in [1.54, 1.807) is 0 Å². The van der Waals surface area contributed by atoms with Crippen LogP contribution >= 0.6 is 0 Å². The number of halogens is 6. The summed E-state index contributed by atoms with van der Waals surface area (Å²) in [5.74, 6) is -8.95. The van der Waals surface area contributed by atoms with Gasteiger partial charge in [0, 0.05) is 9.69 Å². The molecule has 0 heterocycles. The number of hydrogen-bond acceptors (Lipinski definition) is 2. The predicted molar refractivity (Wildman–Crippen MR) is 36.8 cm³/mol. The van der Waals surface area contributed by atoms with Crippen LogP contribution in [-0.4, -0.2) is 24.4 Å². The molecule has 0 saturated heterocycles. The van der Waals surface area contributed by atoms with Gasteiger partial charge in [-0.15, -0.1) is 0 Å². The van der Waals surface area contributed by atoms with E-state index in [2.05, 4.69) is 4.74 Å². The van der Waals surface area contributed by atoms with Gasteiger partial charge < -0.3 is 4.74 Å². The number of esters is 1. The summed E-state index contributed by atoms with van der Waals surface area (Å²) in [5, 5.41) is 0. The predicted octanol–water partition coefficient (Wildman–Crippen LogP) is 2.60. The summed E-state index contributed by atoms with van der Waals surface area (Å²) in [6.45, 7) is -5.56. The van der Waals surface area contributed by atoms with Crippen molar-refractivity contribution >= 4 is 5.97 Å². The lowest BCUT2D eigenvalue weighted by atomic mass is 10.3. The molecule has 0 bridgehead atoms. The molecule has 0 aromatic heterocycles. The van der Waals surface area contributed by atoms with E-state index in [0.29, 0.717) is 0 Å². The first kappa shape index (κ1) is 6.39. The molecule has 0 aliphatic carbocycles. The van der Waals surface area contributed by atoms with E-state index < -0.39 is 43.4 Å². The SMILES string of the molecule is [2H]C([2H])=C(C(=O)OC(F)(C([2H])(F)F)C(F)(F)F)C([2H])([2H])[2H]. The number of hydrogen-bond donors (Lipinski definition) is 0. The van der Waals surface area contributed by atoms with Gasteiger partial charge >= 0.3 is 24.4 Å². The first-order valence-electron chi connectivity index (χ1n) is 6.00. The van der Waals surface area contributed by atoms with Gasteiger partial charge in [-0.3, -0.25) is 0 Å². The maximum atomic E-state index is 13.2.